The van der Waals surface area contributed by atoms with E-state index in [-0.39, 0.29) is 17.3 Å². The van der Waals surface area contributed by atoms with E-state index >= 15 is 0 Å². The minimum Gasteiger partial charge on any atom is -0.444 e. The van der Waals surface area contributed by atoms with E-state index in [1.54, 1.807) is 69.1 Å². The van der Waals surface area contributed by atoms with Crippen molar-refractivity contribution in [2.24, 2.45) is 0 Å². The van der Waals surface area contributed by atoms with Crippen LogP contribution in [0.5, 0.6) is 0 Å². The number of hydrogen-bond donors (Lipinski definition) is 1. The van der Waals surface area contributed by atoms with Crippen molar-refractivity contribution < 1.29 is 18.7 Å². The van der Waals surface area contributed by atoms with Gasteiger partial charge in [-0.05, 0) is 80.6 Å². The number of pyridine rings is 1. The van der Waals surface area contributed by atoms with Gasteiger partial charge in [0.15, 0.2) is 0 Å². The molecular weight excluding hydrogens is 534 g/mol. The predicted octanol–water partition coefficient (Wildman–Crippen LogP) is 4.87. The van der Waals surface area contributed by atoms with Gasteiger partial charge in [0.2, 0.25) is 5.91 Å². The highest BCUT2D eigenvalue weighted by Crippen LogP contribution is 2.30. The summed E-state index contributed by atoms with van der Waals surface area (Å²) in [6.07, 6.45) is 4.00. The first-order valence-corrected chi connectivity index (χ1v) is 13.9. The van der Waals surface area contributed by atoms with Crippen LogP contribution in [-0.4, -0.2) is 52.1 Å². The van der Waals surface area contributed by atoms with Crippen molar-refractivity contribution in [3.63, 3.8) is 0 Å². The third kappa shape index (κ3) is 6.27. The lowest BCUT2D eigenvalue weighted by molar-refractivity contribution is -0.131. The molecule has 218 valence electrons. The molecule has 0 radical (unpaired) electrons. The summed E-state index contributed by atoms with van der Waals surface area (Å²) in [4.78, 5) is 51.8. The number of aromatic nitrogens is 2. The second kappa shape index (κ2) is 11.6. The lowest BCUT2D eigenvalue weighted by atomic mass is 9.93. The van der Waals surface area contributed by atoms with Gasteiger partial charge in [0, 0.05) is 44.6 Å². The number of nitrogens with one attached hydrogen (secondary N) is 1. The number of ether oxygens (including phenoxy) is 1. The standard InChI is InChI=1S/C32H35N5O5/c1-20-24(35-31(40)42-32(2,3)4)10-11-25-27(20)29(39)41-30(34-25)37-19-23-9-7-6-8-22(23)18-26(37)28(38)36(5)17-14-21-12-15-33-16-13-21/h6-13,15-16,26H,14,17-19H2,1-5H3,(H,35,40)/t26-/m0/s1. The molecule has 0 spiro atoms. The number of nitrogens with zero attached hydrogens (tertiary/aromatic N) is 4. The van der Waals surface area contributed by atoms with Crippen molar-refractivity contribution in [1.29, 1.82) is 0 Å². The van der Waals surface area contributed by atoms with Crippen LogP contribution in [0, 0.1) is 6.92 Å². The molecule has 4 aromatic rings. The lowest BCUT2D eigenvalue weighted by Gasteiger charge is -2.37. The maximum atomic E-state index is 13.8. The zero-order valence-electron chi connectivity index (χ0n) is 24.5. The topological polar surface area (TPSA) is 118 Å². The van der Waals surface area contributed by atoms with Crippen LogP contribution in [0.1, 0.15) is 43.0 Å². The van der Waals surface area contributed by atoms with Gasteiger partial charge in [-0.25, -0.2) is 9.59 Å². The largest absolute Gasteiger partial charge is 0.444 e. The highest BCUT2D eigenvalue weighted by molar-refractivity contribution is 5.93. The Bertz CT molecular complexity index is 1680. The predicted molar refractivity (Wildman–Crippen MR) is 161 cm³/mol. The number of likely N-dealkylation sites (N-methyl/N-ethyl adjacent to an activating group) is 1. The summed E-state index contributed by atoms with van der Waals surface area (Å²) >= 11 is 0. The molecule has 2 aromatic carbocycles. The van der Waals surface area contributed by atoms with Crippen molar-refractivity contribution in [1.82, 2.24) is 14.9 Å². The van der Waals surface area contributed by atoms with Gasteiger partial charge in [-0.3, -0.25) is 15.1 Å². The lowest BCUT2D eigenvalue weighted by Crippen LogP contribution is -2.51. The molecule has 10 nitrogen and oxygen atoms in total. The summed E-state index contributed by atoms with van der Waals surface area (Å²) < 4.78 is 11.1. The fraction of sp³-hybridized carbons (Fsp3) is 0.344. The number of rotatable bonds is 6. The minimum absolute atomic E-state index is 0.0788. The number of benzene rings is 2. The molecule has 42 heavy (non-hydrogen) atoms. The Morgan fingerprint density at radius 2 is 1.81 bits per heavy atom. The van der Waals surface area contributed by atoms with Gasteiger partial charge in [0.25, 0.3) is 0 Å². The van der Waals surface area contributed by atoms with Gasteiger partial charge in [0.1, 0.15) is 11.6 Å². The summed E-state index contributed by atoms with van der Waals surface area (Å²) in [5.74, 6) is -0.0869. The molecule has 2 amide bonds. The van der Waals surface area contributed by atoms with Gasteiger partial charge in [0.05, 0.1) is 10.9 Å². The summed E-state index contributed by atoms with van der Waals surface area (Å²) in [6.45, 7) is 7.93. The highest BCUT2D eigenvalue weighted by atomic mass is 16.6. The van der Waals surface area contributed by atoms with E-state index in [4.69, 9.17) is 14.1 Å². The zero-order chi connectivity index (χ0) is 30.0. The summed E-state index contributed by atoms with van der Waals surface area (Å²) in [6, 6.07) is 14.6. The molecule has 0 saturated carbocycles. The highest BCUT2D eigenvalue weighted by Gasteiger charge is 2.36. The van der Waals surface area contributed by atoms with E-state index in [1.807, 2.05) is 36.4 Å². The molecule has 0 bridgehead atoms. The van der Waals surface area contributed by atoms with Crippen LogP contribution in [0.2, 0.25) is 0 Å². The first-order valence-electron chi connectivity index (χ1n) is 13.9. The van der Waals surface area contributed by atoms with Crippen LogP contribution in [0.15, 0.2) is 70.1 Å². The van der Waals surface area contributed by atoms with E-state index in [2.05, 4.69) is 10.3 Å². The van der Waals surface area contributed by atoms with Gasteiger partial charge in [-0.2, -0.15) is 4.98 Å². The van der Waals surface area contributed by atoms with Crippen LogP contribution in [0.3, 0.4) is 0 Å². The molecule has 10 heteroatoms. The van der Waals surface area contributed by atoms with Crippen LogP contribution in [0.4, 0.5) is 16.5 Å². The van der Waals surface area contributed by atoms with Gasteiger partial charge >= 0.3 is 17.7 Å². The Balaban J connectivity index is 1.45. The zero-order valence-corrected chi connectivity index (χ0v) is 24.5. The van der Waals surface area contributed by atoms with Crippen molar-refractivity contribution in [3.8, 4) is 0 Å². The molecule has 3 heterocycles. The molecule has 0 saturated heterocycles. The fourth-order valence-electron chi connectivity index (χ4n) is 5.14. The van der Waals surface area contributed by atoms with E-state index in [0.29, 0.717) is 42.7 Å². The number of amides is 2. The number of aryl methyl sites for hydroxylation is 1. The Morgan fingerprint density at radius 1 is 1.10 bits per heavy atom. The quantitative estimate of drug-likeness (QED) is 0.350. The first-order chi connectivity index (χ1) is 20.0. The van der Waals surface area contributed by atoms with Crippen molar-refractivity contribution in [2.75, 3.05) is 23.8 Å². The number of hydrogen-bond acceptors (Lipinski definition) is 8. The maximum Gasteiger partial charge on any atom is 0.412 e. The van der Waals surface area contributed by atoms with Crippen LogP contribution in [0.25, 0.3) is 10.9 Å². The molecule has 1 aliphatic rings. The smallest absolute Gasteiger partial charge is 0.412 e. The Kier molecular flexibility index (Phi) is 7.98. The molecule has 0 aliphatic carbocycles. The molecule has 0 fully saturated rings. The van der Waals surface area contributed by atoms with Gasteiger partial charge < -0.3 is 19.0 Å². The Hall–Kier alpha value is -4.73. The molecule has 1 aliphatic heterocycles. The van der Waals surface area contributed by atoms with E-state index in [1.165, 1.54) is 0 Å². The van der Waals surface area contributed by atoms with E-state index in [9.17, 15) is 14.4 Å². The third-order valence-electron chi connectivity index (χ3n) is 7.32. The molecule has 2 aromatic heterocycles. The monoisotopic (exact) mass is 569 g/mol. The number of carbonyl (C=O) groups is 2. The van der Waals surface area contributed by atoms with Crippen molar-refractivity contribution in [3.05, 3.63) is 93.6 Å². The molecule has 0 unspecified atom stereocenters. The number of anilines is 2. The summed E-state index contributed by atoms with van der Waals surface area (Å²) in [5.41, 5.74) is 3.28. The van der Waals surface area contributed by atoms with Gasteiger partial charge in [-0.1, -0.05) is 24.3 Å². The summed E-state index contributed by atoms with van der Waals surface area (Å²) in [7, 11) is 1.79. The first kappa shape index (κ1) is 28.8. The normalized spacial score (nSPS) is 14.8. The second-order valence-corrected chi connectivity index (χ2v) is 11.5. The molecule has 5 rings (SSSR count). The molecule has 1 atom stereocenters. The van der Waals surface area contributed by atoms with Crippen LogP contribution in [-0.2, 0) is 28.9 Å². The number of carbonyl (C=O) groups excluding carboxylic acids is 2. The van der Waals surface area contributed by atoms with Crippen molar-refractivity contribution >= 4 is 34.6 Å². The maximum absolute atomic E-state index is 13.8. The average Bonchev–Trinajstić information content (AvgIpc) is 2.95. The van der Waals surface area contributed by atoms with Crippen LogP contribution >= 0.6 is 0 Å². The average molecular weight is 570 g/mol. The van der Waals surface area contributed by atoms with Crippen molar-refractivity contribution in [2.45, 2.75) is 58.7 Å². The SMILES string of the molecule is Cc1c(NC(=O)OC(C)(C)C)ccc2nc(N3Cc4ccccc4C[C@H]3C(=O)N(C)CCc3ccncc3)oc(=O)c12. The third-order valence-corrected chi connectivity index (χ3v) is 7.32. The minimum atomic E-state index is -0.668. The second-order valence-electron chi connectivity index (χ2n) is 11.5. The van der Waals surface area contributed by atoms with Gasteiger partial charge in [-0.15, -0.1) is 0 Å². The fourth-order valence-corrected chi connectivity index (χ4v) is 5.14. The van der Waals surface area contributed by atoms with Crippen LogP contribution < -0.4 is 15.8 Å². The Morgan fingerprint density at radius 3 is 2.52 bits per heavy atom. The summed E-state index contributed by atoms with van der Waals surface area (Å²) in [5, 5.41) is 2.95. The molecular formula is C32H35N5O5. The number of fused-ring (bicyclic) bond motifs is 2. The molecule has 1 N–H and O–H groups in total. The van der Waals surface area contributed by atoms with E-state index in [0.717, 1.165) is 16.7 Å². The Labute approximate surface area is 244 Å². The van der Waals surface area contributed by atoms with E-state index < -0.39 is 23.4 Å².